The standard InChI is InChI=1S/C18H22ClNO/c1-12-5-6-18(21-4)15(7-12)11-17(20-3)14-8-13(2)9-16(19)10-14/h5-10,17,20H,11H2,1-4H3. The highest BCUT2D eigenvalue weighted by Gasteiger charge is 2.14. The number of rotatable bonds is 5. The number of aryl methyl sites for hydroxylation is 2. The Morgan fingerprint density at radius 3 is 2.48 bits per heavy atom. The van der Waals surface area contributed by atoms with Gasteiger partial charge in [-0.3, -0.25) is 0 Å². The van der Waals surface area contributed by atoms with E-state index < -0.39 is 0 Å². The van der Waals surface area contributed by atoms with Crippen LogP contribution in [-0.2, 0) is 6.42 Å². The van der Waals surface area contributed by atoms with Crippen LogP contribution in [0.2, 0.25) is 5.02 Å². The maximum Gasteiger partial charge on any atom is 0.122 e. The maximum absolute atomic E-state index is 6.19. The summed E-state index contributed by atoms with van der Waals surface area (Å²) in [6.45, 7) is 4.16. The molecule has 0 saturated heterocycles. The third kappa shape index (κ3) is 3.99. The van der Waals surface area contributed by atoms with Gasteiger partial charge in [-0.15, -0.1) is 0 Å². The van der Waals surface area contributed by atoms with Crippen LogP contribution in [0.15, 0.2) is 36.4 Å². The molecule has 0 aliphatic heterocycles. The van der Waals surface area contributed by atoms with Crippen molar-refractivity contribution >= 4 is 11.6 Å². The summed E-state index contributed by atoms with van der Waals surface area (Å²) < 4.78 is 5.48. The van der Waals surface area contributed by atoms with Gasteiger partial charge in [0.05, 0.1) is 7.11 Å². The third-order valence-electron chi connectivity index (χ3n) is 3.68. The number of hydrogen-bond donors (Lipinski definition) is 1. The summed E-state index contributed by atoms with van der Waals surface area (Å²) in [7, 11) is 3.69. The Kier molecular flexibility index (Phi) is 5.27. The summed E-state index contributed by atoms with van der Waals surface area (Å²) in [4.78, 5) is 0. The fourth-order valence-corrected chi connectivity index (χ4v) is 2.94. The van der Waals surface area contributed by atoms with Gasteiger partial charge in [-0.25, -0.2) is 0 Å². The number of hydrogen-bond acceptors (Lipinski definition) is 2. The Balaban J connectivity index is 2.32. The van der Waals surface area contributed by atoms with Crippen molar-refractivity contribution in [1.29, 1.82) is 0 Å². The van der Waals surface area contributed by atoms with Gasteiger partial charge in [0, 0.05) is 11.1 Å². The normalized spacial score (nSPS) is 12.2. The highest BCUT2D eigenvalue weighted by Crippen LogP contribution is 2.28. The quantitative estimate of drug-likeness (QED) is 0.880. The van der Waals surface area contributed by atoms with Crippen LogP contribution in [0, 0.1) is 13.8 Å². The molecule has 0 radical (unpaired) electrons. The maximum atomic E-state index is 6.19. The Morgan fingerprint density at radius 2 is 1.86 bits per heavy atom. The lowest BCUT2D eigenvalue weighted by molar-refractivity contribution is 0.406. The van der Waals surface area contributed by atoms with Crippen molar-refractivity contribution in [3.05, 3.63) is 63.7 Å². The minimum absolute atomic E-state index is 0.207. The third-order valence-corrected chi connectivity index (χ3v) is 3.89. The molecule has 2 aromatic rings. The zero-order valence-electron chi connectivity index (χ0n) is 13.0. The van der Waals surface area contributed by atoms with Crippen LogP contribution in [0.1, 0.15) is 28.3 Å². The van der Waals surface area contributed by atoms with E-state index in [2.05, 4.69) is 37.4 Å². The Morgan fingerprint density at radius 1 is 1.10 bits per heavy atom. The van der Waals surface area contributed by atoms with Gasteiger partial charge in [0.15, 0.2) is 0 Å². The summed E-state index contributed by atoms with van der Waals surface area (Å²) in [5, 5.41) is 4.16. The molecule has 112 valence electrons. The average molecular weight is 304 g/mol. The average Bonchev–Trinajstić information content (AvgIpc) is 2.43. The molecule has 0 bridgehead atoms. The number of ether oxygens (including phenoxy) is 1. The second-order valence-corrected chi connectivity index (χ2v) is 5.86. The Bertz CT molecular complexity index is 604. The second-order valence-electron chi connectivity index (χ2n) is 5.42. The first-order chi connectivity index (χ1) is 10.0. The number of benzene rings is 2. The number of halogens is 1. The van der Waals surface area contributed by atoms with Gasteiger partial charge in [0.25, 0.3) is 0 Å². The minimum Gasteiger partial charge on any atom is -0.496 e. The van der Waals surface area contributed by atoms with Crippen molar-refractivity contribution in [3.63, 3.8) is 0 Å². The number of nitrogens with one attached hydrogen (secondary N) is 1. The second kappa shape index (κ2) is 6.97. The zero-order valence-corrected chi connectivity index (χ0v) is 13.8. The van der Waals surface area contributed by atoms with Gasteiger partial charge in [-0.05, 0) is 62.2 Å². The predicted molar refractivity (Wildman–Crippen MR) is 89.4 cm³/mol. The number of likely N-dealkylation sites (N-methyl/N-ethyl adjacent to an activating group) is 1. The molecule has 2 aromatic carbocycles. The van der Waals surface area contributed by atoms with Crippen molar-refractivity contribution < 1.29 is 4.74 Å². The van der Waals surface area contributed by atoms with E-state index in [0.717, 1.165) is 17.2 Å². The first-order valence-corrected chi connectivity index (χ1v) is 7.49. The highest BCUT2D eigenvalue weighted by atomic mass is 35.5. The Labute approximate surface area is 132 Å². The van der Waals surface area contributed by atoms with E-state index in [4.69, 9.17) is 16.3 Å². The highest BCUT2D eigenvalue weighted by molar-refractivity contribution is 6.30. The topological polar surface area (TPSA) is 21.3 Å². The molecule has 0 aromatic heterocycles. The lowest BCUT2D eigenvalue weighted by Gasteiger charge is -2.19. The lowest BCUT2D eigenvalue weighted by atomic mass is 9.96. The van der Waals surface area contributed by atoms with E-state index in [1.54, 1.807) is 7.11 Å². The van der Waals surface area contributed by atoms with Crippen molar-refractivity contribution in [2.75, 3.05) is 14.2 Å². The molecule has 0 fully saturated rings. The summed E-state index contributed by atoms with van der Waals surface area (Å²) in [5.74, 6) is 0.930. The van der Waals surface area contributed by atoms with Crippen molar-refractivity contribution in [1.82, 2.24) is 5.32 Å². The lowest BCUT2D eigenvalue weighted by Crippen LogP contribution is -2.19. The van der Waals surface area contributed by atoms with Crippen LogP contribution in [-0.4, -0.2) is 14.2 Å². The summed E-state index contributed by atoms with van der Waals surface area (Å²) >= 11 is 6.19. The van der Waals surface area contributed by atoms with Crippen LogP contribution < -0.4 is 10.1 Å². The molecule has 0 spiro atoms. The summed E-state index contributed by atoms with van der Waals surface area (Å²) in [6.07, 6.45) is 0.862. The molecule has 0 heterocycles. The molecular formula is C18H22ClNO. The summed E-state index contributed by atoms with van der Waals surface area (Å²) in [5.41, 5.74) is 4.82. The van der Waals surface area contributed by atoms with E-state index >= 15 is 0 Å². The minimum atomic E-state index is 0.207. The van der Waals surface area contributed by atoms with Crippen LogP contribution in [0.3, 0.4) is 0 Å². The summed E-state index contributed by atoms with van der Waals surface area (Å²) in [6, 6.07) is 12.7. The van der Waals surface area contributed by atoms with E-state index in [0.29, 0.717) is 0 Å². The smallest absolute Gasteiger partial charge is 0.122 e. The molecule has 0 aliphatic rings. The Hall–Kier alpha value is -1.51. The monoisotopic (exact) mass is 303 g/mol. The molecule has 2 rings (SSSR count). The predicted octanol–water partition coefficient (Wildman–Crippen LogP) is 4.47. The van der Waals surface area contributed by atoms with Gasteiger partial charge in [0.1, 0.15) is 5.75 Å². The van der Waals surface area contributed by atoms with Crippen LogP contribution in [0.5, 0.6) is 5.75 Å². The molecule has 0 saturated carbocycles. The van der Waals surface area contributed by atoms with Crippen LogP contribution >= 0.6 is 11.6 Å². The molecule has 0 amide bonds. The number of methoxy groups -OCH3 is 1. The molecular weight excluding hydrogens is 282 g/mol. The van der Waals surface area contributed by atoms with Crippen LogP contribution in [0.4, 0.5) is 0 Å². The molecule has 3 heteroatoms. The largest absolute Gasteiger partial charge is 0.496 e. The van der Waals surface area contributed by atoms with Crippen LogP contribution in [0.25, 0.3) is 0 Å². The molecule has 2 nitrogen and oxygen atoms in total. The molecule has 1 atom stereocenters. The zero-order chi connectivity index (χ0) is 15.4. The molecule has 1 N–H and O–H groups in total. The van der Waals surface area contributed by atoms with Gasteiger partial charge in [0.2, 0.25) is 0 Å². The molecule has 0 aliphatic carbocycles. The van der Waals surface area contributed by atoms with Gasteiger partial charge in [-0.2, -0.15) is 0 Å². The van der Waals surface area contributed by atoms with E-state index in [1.165, 1.54) is 22.3 Å². The molecule has 21 heavy (non-hydrogen) atoms. The van der Waals surface area contributed by atoms with Gasteiger partial charge in [-0.1, -0.05) is 35.4 Å². The van der Waals surface area contributed by atoms with Crippen molar-refractivity contribution in [3.8, 4) is 5.75 Å². The van der Waals surface area contributed by atoms with Gasteiger partial charge >= 0.3 is 0 Å². The fourth-order valence-electron chi connectivity index (χ4n) is 2.64. The van der Waals surface area contributed by atoms with Crippen molar-refractivity contribution in [2.24, 2.45) is 0 Å². The fraction of sp³-hybridized carbons (Fsp3) is 0.333. The first kappa shape index (κ1) is 15.9. The first-order valence-electron chi connectivity index (χ1n) is 7.11. The van der Waals surface area contributed by atoms with E-state index in [1.807, 2.05) is 25.2 Å². The van der Waals surface area contributed by atoms with Crippen molar-refractivity contribution in [2.45, 2.75) is 26.3 Å². The molecule has 1 unspecified atom stereocenters. The van der Waals surface area contributed by atoms with E-state index in [9.17, 15) is 0 Å². The SMILES string of the molecule is CNC(Cc1cc(C)ccc1OC)c1cc(C)cc(Cl)c1. The van der Waals surface area contributed by atoms with E-state index in [-0.39, 0.29) is 6.04 Å². The van der Waals surface area contributed by atoms with Gasteiger partial charge < -0.3 is 10.1 Å².